The van der Waals surface area contributed by atoms with Crippen molar-refractivity contribution in [3.8, 4) is 28.5 Å². The van der Waals surface area contributed by atoms with E-state index in [0.29, 0.717) is 23.3 Å². The average Bonchev–Trinajstić information content (AvgIpc) is 3.16. The summed E-state index contributed by atoms with van der Waals surface area (Å²) < 4.78 is 16.4. The molecule has 0 unspecified atom stereocenters. The largest absolute Gasteiger partial charge is 0.493 e. The smallest absolute Gasteiger partial charge is 0.203 e. The van der Waals surface area contributed by atoms with Crippen molar-refractivity contribution in [2.75, 3.05) is 34.5 Å². The predicted octanol–water partition coefficient (Wildman–Crippen LogP) is 2.84. The molecular formula is C20H29N3O4. The Morgan fingerprint density at radius 1 is 1.15 bits per heavy atom. The highest BCUT2D eigenvalue weighted by Crippen LogP contribution is 2.41. The van der Waals surface area contributed by atoms with E-state index in [1.165, 1.54) is 12.8 Å². The van der Waals surface area contributed by atoms with Crippen molar-refractivity contribution in [3.63, 3.8) is 0 Å². The van der Waals surface area contributed by atoms with Crippen LogP contribution in [0.4, 0.5) is 0 Å². The molecule has 2 N–H and O–H groups in total. The molecule has 1 fully saturated rings. The van der Waals surface area contributed by atoms with Crippen LogP contribution in [-0.4, -0.2) is 60.7 Å². The highest BCUT2D eigenvalue weighted by atomic mass is 16.5. The first-order valence-electron chi connectivity index (χ1n) is 9.39. The number of aliphatic hydroxyl groups is 1. The second-order valence-corrected chi connectivity index (χ2v) is 6.82. The summed E-state index contributed by atoms with van der Waals surface area (Å²) in [5.74, 6) is 1.80. The molecule has 3 rings (SSSR count). The van der Waals surface area contributed by atoms with Gasteiger partial charge in [-0.25, -0.2) is 0 Å². The number of methoxy groups -OCH3 is 3. The third kappa shape index (κ3) is 4.20. The number of aromatic nitrogens is 2. The van der Waals surface area contributed by atoms with Gasteiger partial charge in [0, 0.05) is 30.3 Å². The molecule has 1 aromatic carbocycles. The first kappa shape index (κ1) is 19.5. The van der Waals surface area contributed by atoms with Gasteiger partial charge in [0.15, 0.2) is 11.5 Å². The minimum atomic E-state index is 0.228. The van der Waals surface area contributed by atoms with E-state index < -0.39 is 0 Å². The molecular weight excluding hydrogens is 346 g/mol. The van der Waals surface area contributed by atoms with E-state index in [4.69, 9.17) is 14.2 Å². The summed E-state index contributed by atoms with van der Waals surface area (Å²) in [6, 6.07) is 4.28. The summed E-state index contributed by atoms with van der Waals surface area (Å²) in [5.41, 5.74) is 3.00. The Kier molecular flexibility index (Phi) is 6.58. The maximum atomic E-state index is 9.37. The molecule has 0 radical (unpaired) electrons. The fourth-order valence-electron chi connectivity index (χ4n) is 3.87. The van der Waals surface area contributed by atoms with E-state index in [-0.39, 0.29) is 6.61 Å². The minimum absolute atomic E-state index is 0.228. The Morgan fingerprint density at radius 3 is 2.52 bits per heavy atom. The van der Waals surface area contributed by atoms with E-state index in [1.807, 2.05) is 18.3 Å². The first-order chi connectivity index (χ1) is 13.2. The number of hydrogen-bond acceptors (Lipinski definition) is 6. The summed E-state index contributed by atoms with van der Waals surface area (Å²) in [6.45, 7) is 2.07. The molecule has 0 spiro atoms. The molecule has 2 aromatic rings. The molecule has 0 amide bonds. The number of nitrogens with one attached hydrogen (secondary N) is 1. The maximum Gasteiger partial charge on any atom is 0.203 e. The van der Waals surface area contributed by atoms with Gasteiger partial charge in [0.25, 0.3) is 0 Å². The Morgan fingerprint density at radius 2 is 1.89 bits per heavy atom. The number of H-pyrrole nitrogens is 1. The topological polar surface area (TPSA) is 79.8 Å². The molecule has 148 valence electrons. The molecule has 7 nitrogen and oxygen atoms in total. The van der Waals surface area contributed by atoms with Crippen LogP contribution in [0.5, 0.6) is 17.2 Å². The van der Waals surface area contributed by atoms with Gasteiger partial charge in [0.2, 0.25) is 5.75 Å². The second kappa shape index (κ2) is 9.10. The van der Waals surface area contributed by atoms with Crippen LogP contribution in [0.3, 0.4) is 0 Å². The van der Waals surface area contributed by atoms with Crippen LogP contribution in [0.1, 0.15) is 31.2 Å². The molecule has 27 heavy (non-hydrogen) atoms. The number of nitrogens with zero attached hydrogens (tertiary/aromatic N) is 2. The van der Waals surface area contributed by atoms with Gasteiger partial charge in [0.1, 0.15) is 0 Å². The number of rotatable bonds is 8. The number of piperidine rings is 1. The van der Waals surface area contributed by atoms with Crippen LogP contribution >= 0.6 is 0 Å². The molecule has 1 atom stereocenters. The highest BCUT2D eigenvalue weighted by molar-refractivity contribution is 5.70. The van der Waals surface area contributed by atoms with Gasteiger partial charge in [-0.3, -0.25) is 10.00 Å². The van der Waals surface area contributed by atoms with Crippen LogP contribution in [0.2, 0.25) is 0 Å². The van der Waals surface area contributed by atoms with Crippen molar-refractivity contribution in [2.24, 2.45) is 0 Å². The summed E-state index contributed by atoms with van der Waals surface area (Å²) in [4.78, 5) is 2.45. The van der Waals surface area contributed by atoms with E-state index in [9.17, 15) is 5.11 Å². The van der Waals surface area contributed by atoms with Crippen molar-refractivity contribution in [2.45, 2.75) is 38.3 Å². The number of aliphatic hydroxyl groups excluding tert-OH is 1. The number of likely N-dealkylation sites (tertiary alicyclic amines) is 1. The monoisotopic (exact) mass is 375 g/mol. The van der Waals surface area contributed by atoms with Gasteiger partial charge in [-0.05, 0) is 37.9 Å². The van der Waals surface area contributed by atoms with Gasteiger partial charge in [-0.15, -0.1) is 0 Å². The Hall–Kier alpha value is -2.25. The lowest BCUT2D eigenvalue weighted by Gasteiger charge is -2.35. The highest BCUT2D eigenvalue weighted by Gasteiger charge is 2.24. The number of hydrogen-bond donors (Lipinski definition) is 2. The van der Waals surface area contributed by atoms with Crippen LogP contribution in [-0.2, 0) is 6.54 Å². The fraction of sp³-hybridized carbons (Fsp3) is 0.550. The van der Waals surface area contributed by atoms with E-state index in [0.717, 1.165) is 42.8 Å². The zero-order valence-electron chi connectivity index (χ0n) is 16.3. The third-order valence-corrected chi connectivity index (χ3v) is 5.26. The van der Waals surface area contributed by atoms with Crippen LogP contribution in [0, 0.1) is 0 Å². The van der Waals surface area contributed by atoms with Gasteiger partial charge >= 0.3 is 0 Å². The summed E-state index contributed by atoms with van der Waals surface area (Å²) in [6.07, 6.45) is 6.25. The van der Waals surface area contributed by atoms with Gasteiger partial charge < -0.3 is 19.3 Å². The quantitative estimate of drug-likeness (QED) is 0.739. The molecule has 7 heteroatoms. The lowest BCUT2D eigenvalue weighted by atomic mass is 9.98. The number of aromatic amines is 1. The van der Waals surface area contributed by atoms with E-state index in [1.54, 1.807) is 21.3 Å². The average molecular weight is 375 g/mol. The summed E-state index contributed by atoms with van der Waals surface area (Å²) >= 11 is 0. The number of ether oxygens (including phenoxy) is 3. The van der Waals surface area contributed by atoms with Crippen molar-refractivity contribution in [3.05, 3.63) is 23.9 Å². The normalized spacial score (nSPS) is 17.7. The van der Waals surface area contributed by atoms with Crippen molar-refractivity contribution >= 4 is 0 Å². The van der Waals surface area contributed by atoms with Gasteiger partial charge in [0.05, 0.1) is 33.2 Å². The Bertz CT molecular complexity index is 720. The molecule has 1 saturated heterocycles. The van der Waals surface area contributed by atoms with Gasteiger partial charge in [-0.2, -0.15) is 5.10 Å². The molecule has 2 heterocycles. The fourth-order valence-corrected chi connectivity index (χ4v) is 3.87. The standard InChI is InChI=1S/C20H29N3O4/c1-25-17-10-14(11-18(26-2)20(17)27-3)19-15(12-21-22-19)13-23-8-5-4-6-16(23)7-9-24/h10-12,16,24H,4-9,13H2,1-3H3,(H,21,22)/t16-/m1/s1. The van der Waals surface area contributed by atoms with Crippen LogP contribution in [0.25, 0.3) is 11.3 Å². The SMILES string of the molecule is COc1cc(-c2[nH]ncc2CN2CCCC[C@@H]2CCO)cc(OC)c1OC. The minimum Gasteiger partial charge on any atom is -0.493 e. The van der Waals surface area contributed by atoms with Crippen molar-refractivity contribution in [1.82, 2.24) is 15.1 Å². The summed E-state index contributed by atoms with van der Waals surface area (Å²) in [7, 11) is 4.82. The van der Waals surface area contributed by atoms with Crippen molar-refractivity contribution < 1.29 is 19.3 Å². The zero-order valence-corrected chi connectivity index (χ0v) is 16.3. The number of benzene rings is 1. The Balaban J connectivity index is 1.90. The van der Waals surface area contributed by atoms with E-state index in [2.05, 4.69) is 15.1 Å². The molecule has 0 aliphatic carbocycles. The Labute approximate surface area is 160 Å². The first-order valence-corrected chi connectivity index (χ1v) is 9.39. The molecule has 1 aliphatic rings. The second-order valence-electron chi connectivity index (χ2n) is 6.82. The zero-order chi connectivity index (χ0) is 19.2. The molecule has 0 bridgehead atoms. The molecule has 0 saturated carbocycles. The maximum absolute atomic E-state index is 9.37. The predicted molar refractivity (Wildman–Crippen MR) is 103 cm³/mol. The van der Waals surface area contributed by atoms with Gasteiger partial charge in [-0.1, -0.05) is 6.42 Å². The molecule has 1 aliphatic heterocycles. The summed E-state index contributed by atoms with van der Waals surface area (Å²) in [5, 5.41) is 16.8. The van der Waals surface area contributed by atoms with Crippen molar-refractivity contribution in [1.29, 1.82) is 0 Å². The van der Waals surface area contributed by atoms with Crippen LogP contribution < -0.4 is 14.2 Å². The molecule has 1 aromatic heterocycles. The lowest BCUT2D eigenvalue weighted by molar-refractivity contribution is 0.112. The van der Waals surface area contributed by atoms with Crippen LogP contribution in [0.15, 0.2) is 18.3 Å². The van der Waals surface area contributed by atoms with E-state index >= 15 is 0 Å². The third-order valence-electron chi connectivity index (χ3n) is 5.26. The lowest BCUT2D eigenvalue weighted by Crippen LogP contribution is -2.39.